The third-order valence-corrected chi connectivity index (χ3v) is 9.50. The van der Waals surface area contributed by atoms with Gasteiger partial charge >= 0.3 is 0 Å². The fraction of sp³-hybridized carbons (Fsp3) is 0.500. The Bertz CT molecular complexity index is 1270. The van der Waals surface area contributed by atoms with Gasteiger partial charge in [-0.25, -0.2) is 17.7 Å². The van der Waals surface area contributed by atoms with Gasteiger partial charge in [0.25, 0.3) is 10.0 Å². The molecule has 162 valence electrons. The number of hydrogen-bond acceptors (Lipinski definition) is 6. The number of aromatic nitrogens is 4. The van der Waals surface area contributed by atoms with Gasteiger partial charge in [0, 0.05) is 23.9 Å². The summed E-state index contributed by atoms with van der Waals surface area (Å²) in [5.74, 6) is 1.45. The first-order valence-corrected chi connectivity index (χ1v) is 12.4. The summed E-state index contributed by atoms with van der Waals surface area (Å²) in [7, 11) is -3.68. The van der Waals surface area contributed by atoms with Crippen molar-refractivity contribution in [1.29, 1.82) is 0 Å². The fourth-order valence-corrected chi connectivity index (χ4v) is 7.10. The van der Waals surface area contributed by atoms with E-state index in [0.29, 0.717) is 24.4 Å². The minimum Gasteiger partial charge on any atom is -0.325 e. The van der Waals surface area contributed by atoms with Gasteiger partial charge in [0.05, 0.1) is 16.8 Å². The van der Waals surface area contributed by atoms with Crippen molar-refractivity contribution in [1.82, 2.24) is 19.6 Å². The molecule has 0 radical (unpaired) electrons. The fourth-order valence-electron chi connectivity index (χ4n) is 5.65. The molecule has 1 aromatic carbocycles. The number of aryl methyl sites for hydroxylation is 1. The van der Waals surface area contributed by atoms with Crippen molar-refractivity contribution in [2.45, 2.75) is 67.7 Å². The summed E-state index contributed by atoms with van der Waals surface area (Å²) in [5.41, 5.74) is 9.06. The zero-order valence-corrected chi connectivity index (χ0v) is 18.4. The van der Waals surface area contributed by atoms with Gasteiger partial charge in [-0.05, 0) is 57.6 Å². The van der Waals surface area contributed by atoms with E-state index in [2.05, 4.69) is 19.6 Å². The van der Waals surface area contributed by atoms with Gasteiger partial charge in [0.2, 0.25) is 0 Å². The standard InChI is InChI=1S/C22H26N6O2S/c1-15-2-4-16(5-3-15)31(29,30)27-13-6-17-19(27)24-14-18-25-26-20(28(17)18)21-7-10-22(23,11-8-21)12-9-21/h2-5,14H,6-13,23H2,1H3. The van der Waals surface area contributed by atoms with Gasteiger partial charge in [-0.3, -0.25) is 4.40 Å². The monoisotopic (exact) mass is 438 g/mol. The Labute approximate surface area is 181 Å². The molecule has 2 aromatic heterocycles. The van der Waals surface area contributed by atoms with Crippen LogP contribution in [0.4, 0.5) is 5.82 Å². The smallest absolute Gasteiger partial charge is 0.265 e. The molecular formula is C22H26N6O2S. The molecule has 0 spiro atoms. The van der Waals surface area contributed by atoms with Crippen LogP contribution in [0.1, 0.15) is 55.6 Å². The number of nitrogens with zero attached hydrogens (tertiary/aromatic N) is 5. The highest BCUT2D eigenvalue weighted by Gasteiger charge is 2.50. The van der Waals surface area contributed by atoms with Crippen molar-refractivity contribution in [3.05, 3.63) is 47.5 Å². The van der Waals surface area contributed by atoms with Crippen LogP contribution in [0.2, 0.25) is 0 Å². The molecule has 3 aliphatic carbocycles. The van der Waals surface area contributed by atoms with Crippen LogP contribution < -0.4 is 10.0 Å². The minimum atomic E-state index is -3.68. The van der Waals surface area contributed by atoms with Crippen molar-refractivity contribution in [2.24, 2.45) is 5.73 Å². The number of hydrogen-bond donors (Lipinski definition) is 1. The SMILES string of the molecule is Cc1ccc(S(=O)(=O)N2CCc3c2ncc2nnc(C45CCC(N)(CC4)CC5)n32)cc1. The first-order valence-electron chi connectivity index (χ1n) is 10.9. The Kier molecular flexibility index (Phi) is 3.87. The van der Waals surface area contributed by atoms with Crippen LogP contribution in [0.5, 0.6) is 0 Å². The molecule has 3 aromatic rings. The van der Waals surface area contributed by atoms with Gasteiger partial charge < -0.3 is 5.73 Å². The van der Waals surface area contributed by atoms with Crippen molar-refractivity contribution in [3.8, 4) is 0 Å². The lowest BCUT2D eigenvalue weighted by Crippen LogP contribution is -2.54. The number of fused-ring (bicyclic) bond motifs is 6. The van der Waals surface area contributed by atoms with Crippen molar-refractivity contribution in [3.63, 3.8) is 0 Å². The van der Waals surface area contributed by atoms with Crippen LogP contribution in [0.25, 0.3) is 5.65 Å². The summed E-state index contributed by atoms with van der Waals surface area (Å²) in [6.45, 7) is 2.31. The number of rotatable bonds is 3. The maximum atomic E-state index is 13.4. The second-order valence-electron chi connectivity index (χ2n) is 9.53. The maximum Gasteiger partial charge on any atom is 0.265 e. The summed E-state index contributed by atoms with van der Waals surface area (Å²) in [5, 5.41) is 9.01. The molecule has 4 aliphatic rings. The zero-order valence-electron chi connectivity index (χ0n) is 17.6. The molecule has 0 unspecified atom stereocenters. The molecule has 3 saturated carbocycles. The summed E-state index contributed by atoms with van der Waals surface area (Å²) >= 11 is 0. The first-order chi connectivity index (χ1) is 14.8. The Hall–Kier alpha value is -2.52. The van der Waals surface area contributed by atoms with Crippen molar-refractivity contribution >= 4 is 21.5 Å². The molecule has 31 heavy (non-hydrogen) atoms. The minimum absolute atomic E-state index is 0.0232. The van der Waals surface area contributed by atoms with Crippen LogP contribution in [0, 0.1) is 6.92 Å². The summed E-state index contributed by atoms with van der Waals surface area (Å²) < 4.78 is 30.2. The number of nitrogens with two attached hydrogens (primary N) is 1. The first kappa shape index (κ1) is 19.2. The molecule has 1 aliphatic heterocycles. The highest BCUT2D eigenvalue weighted by atomic mass is 32.2. The van der Waals surface area contributed by atoms with Crippen molar-refractivity contribution in [2.75, 3.05) is 10.8 Å². The molecule has 0 amide bonds. The molecule has 3 heterocycles. The van der Waals surface area contributed by atoms with Crippen LogP contribution in [0.15, 0.2) is 35.4 Å². The average Bonchev–Trinajstić information content (AvgIpc) is 3.39. The summed E-state index contributed by atoms with van der Waals surface area (Å²) in [6.07, 6.45) is 8.27. The topological polar surface area (TPSA) is 106 Å². The van der Waals surface area contributed by atoms with E-state index in [0.717, 1.165) is 55.6 Å². The van der Waals surface area contributed by atoms with E-state index in [1.54, 1.807) is 18.3 Å². The van der Waals surface area contributed by atoms with E-state index in [4.69, 9.17) is 5.73 Å². The number of anilines is 1. The Morgan fingerprint density at radius 3 is 2.35 bits per heavy atom. The van der Waals surface area contributed by atoms with Gasteiger partial charge in [0.1, 0.15) is 5.82 Å². The highest BCUT2D eigenvalue weighted by molar-refractivity contribution is 7.92. The molecule has 0 saturated heterocycles. The maximum absolute atomic E-state index is 13.4. The van der Waals surface area contributed by atoms with Gasteiger partial charge in [-0.15, -0.1) is 10.2 Å². The number of benzene rings is 1. The Balaban J connectivity index is 1.46. The zero-order chi connectivity index (χ0) is 21.4. The lowest BCUT2D eigenvalue weighted by Gasteiger charge is -2.50. The normalized spacial score (nSPS) is 27.7. The predicted octanol–water partition coefficient (Wildman–Crippen LogP) is 2.49. The molecule has 7 rings (SSSR count). The van der Waals surface area contributed by atoms with E-state index in [1.807, 2.05) is 19.1 Å². The van der Waals surface area contributed by atoms with Gasteiger partial charge in [-0.2, -0.15) is 0 Å². The Morgan fingerprint density at radius 1 is 1.00 bits per heavy atom. The molecule has 2 N–H and O–H groups in total. The average molecular weight is 439 g/mol. The number of sulfonamides is 1. The lowest BCUT2D eigenvalue weighted by atomic mass is 9.57. The van der Waals surface area contributed by atoms with Crippen LogP contribution in [-0.2, 0) is 21.9 Å². The molecule has 8 nitrogen and oxygen atoms in total. The second-order valence-corrected chi connectivity index (χ2v) is 11.4. The van der Waals surface area contributed by atoms with E-state index in [-0.39, 0.29) is 15.8 Å². The molecular weight excluding hydrogens is 412 g/mol. The molecule has 9 heteroatoms. The van der Waals surface area contributed by atoms with Gasteiger partial charge in [0.15, 0.2) is 11.5 Å². The van der Waals surface area contributed by atoms with Crippen molar-refractivity contribution < 1.29 is 8.42 Å². The summed E-state index contributed by atoms with van der Waals surface area (Å²) in [4.78, 5) is 4.80. The largest absolute Gasteiger partial charge is 0.325 e. The second kappa shape index (κ2) is 6.26. The molecule has 3 fully saturated rings. The van der Waals surface area contributed by atoms with Gasteiger partial charge in [-0.1, -0.05) is 17.7 Å². The third-order valence-electron chi connectivity index (χ3n) is 7.69. The van der Waals surface area contributed by atoms with Crippen LogP contribution in [0.3, 0.4) is 0 Å². The Morgan fingerprint density at radius 2 is 1.68 bits per heavy atom. The quantitative estimate of drug-likeness (QED) is 0.673. The highest BCUT2D eigenvalue weighted by Crippen LogP contribution is 2.52. The van der Waals surface area contributed by atoms with E-state index < -0.39 is 10.0 Å². The third kappa shape index (κ3) is 2.69. The molecule has 2 bridgehead atoms. The van der Waals surface area contributed by atoms with E-state index in [1.165, 1.54) is 4.31 Å². The van der Waals surface area contributed by atoms with E-state index >= 15 is 0 Å². The summed E-state index contributed by atoms with van der Waals surface area (Å²) in [6, 6.07) is 6.96. The molecule has 0 atom stereocenters. The van der Waals surface area contributed by atoms with Crippen LogP contribution >= 0.6 is 0 Å². The van der Waals surface area contributed by atoms with Crippen LogP contribution in [-0.4, -0.2) is 40.1 Å². The predicted molar refractivity (Wildman–Crippen MR) is 116 cm³/mol. The lowest BCUT2D eigenvalue weighted by molar-refractivity contribution is 0.0998. The van der Waals surface area contributed by atoms with E-state index in [9.17, 15) is 8.42 Å².